The summed E-state index contributed by atoms with van der Waals surface area (Å²) in [5.41, 5.74) is 3.41. The summed E-state index contributed by atoms with van der Waals surface area (Å²) in [6.07, 6.45) is 6.41. The van der Waals surface area contributed by atoms with Crippen molar-refractivity contribution in [3.8, 4) is 11.5 Å². The first-order chi connectivity index (χ1) is 19.4. The van der Waals surface area contributed by atoms with Gasteiger partial charge in [0.15, 0.2) is 0 Å². The number of hydrogen-bond acceptors (Lipinski definition) is 5. The molecule has 7 nitrogen and oxygen atoms in total. The van der Waals surface area contributed by atoms with E-state index in [0.29, 0.717) is 32.4 Å². The summed E-state index contributed by atoms with van der Waals surface area (Å²) < 4.78 is 5.83. The highest BCUT2D eigenvalue weighted by molar-refractivity contribution is 6.00. The molecular formula is C33H41N3O4. The second-order valence-corrected chi connectivity index (χ2v) is 12.1. The van der Waals surface area contributed by atoms with E-state index in [-0.39, 0.29) is 29.4 Å². The van der Waals surface area contributed by atoms with E-state index >= 15 is 0 Å². The number of rotatable bonds is 6. The molecule has 3 heterocycles. The smallest absolute Gasteiger partial charge is 0.235 e. The summed E-state index contributed by atoms with van der Waals surface area (Å²) in [4.78, 5) is 35.7. The lowest BCUT2D eigenvalue weighted by Crippen LogP contribution is -2.52. The van der Waals surface area contributed by atoms with E-state index in [4.69, 9.17) is 4.74 Å². The normalized spacial score (nSPS) is 25.8. The fourth-order valence-electron chi connectivity index (χ4n) is 7.53. The number of hydrogen-bond donors (Lipinski definition) is 2. The van der Waals surface area contributed by atoms with Crippen LogP contribution in [0.15, 0.2) is 42.5 Å². The Morgan fingerprint density at radius 2 is 1.85 bits per heavy atom. The third kappa shape index (κ3) is 4.78. The van der Waals surface area contributed by atoms with Crippen molar-refractivity contribution >= 4 is 22.7 Å². The Labute approximate surface area is 236 Å². The molecule has 0 radical (unpaired) electrons. The third-order valence-corrected chi connectivity index (χ3v) is 9.57. The standard InChI is InChI=1S/C33H41N3O4/c1-3-40-24-11-13-28-25(20-24)26-21-33(2)27(30(31(26)34-28)22-9-8-10-23(37)19-22)12-14-29(38)36(32(33)39)18-17-35-15-6-4-5-7-16-35/h8-11,13,19-20,27,30,34,37H,3-7,12,14-18,21H2,1-2H3/t27?,30-,33+/m0/s1. The van der Waals surface area contributed by atoms with Crippen molar-refractivity contribution in [3.63, 3.8) is 0 Å². The molecule has 2 aromatic carbocycles. The maximum atomic E-state index is 14.5. The Morgan fingerprint density at radius 1 is 1.05 bits per heavy atom. The number of likely N-dealkylation sites (tertiary alicyclic amines) is 2. The summed E-state index contributed by atoms with van der Waals surface area (Å²) in [6.45, 7) is 7.89. The van der Waals surface area contributed by atoms with E-state index in [9.17, 15) is 14.7 Å². The number of aromatic hydroxyl groups is 1. The highest BCUT2D eigenvalue weighted by Crippen LogP contribution is 2.55. The molecule has 0 bridgehead atoms. The fraction of sp³-hybridized carbons (Fsp3) is 0.515. The van der Waals surface area contributed by atoms with Crippen LogP contribution in [0.5, 0.6) is 11.5 Å². The number of aromatic nitrogens is 1. The molecule has 3 atom stereocenters. The van der Waals surface area contributed by atoms with Gasteiger partial charge < -0.3 is 19.7 Å². The first-order valence-corrected chi connectivity index (χ1v) is 15.0. The number of aromatic amines is 1. The van der Waals surface area contributed by atoms with Crippen LogP contribution in [-0.4, -0.2) is 64.5 Å². The average Bonchev–Trinajstić information content (AvgIpc) is 3.06. The zero-order chi connectivity index (χ0) is 27.9. The molecule has 40 heavy (non-hydrogen) atoms. The van der Waals surface area contributed by atoms with E-state index in [1.54, 1.807) is 11.0 Å². The van der Waals surface area contributed by atoms with Crippen LogP contribution < -0.4 is 4.74 Å². The molecule has 1 aliphatic carbocycles. The lowest BCUT2D eigenvalue weighted by Gasteiger charge is -2.45. The molecule has 2 fully saturated rings. The number of nitrogens with one attached hydrogen (secondary N) is 1. The second-order valence-electron chi connectivity index (χ2n) is 12.1. The predicted octanol–water partition coefficient (Wildman–Crippen LogP) is 5.61. The average molecular weight is 544 g/mol. The van der Waals surface area contributed by atoms with Crippen molar-refractivity contribution in [2.75, 3.05) is 32.8 Å². The van der Waals surface area contributed by atoms with Crippen molar-refractivity contribution in [2.45, 2.75) is 64.7 Å². The van der Waals surface area contributed by atoms with E-state index in [2.05, 4.69) is 28.9 Å². The van der Waals surface area contributed by atoms with Crippen LogP contribution in [0.4, 0.5) is 0 Å². The predicted molar refractivity (Wildman–Crippen MR) is 156 cm³/mol. The number of carbonyl (C=O) groups excluding carboxylic acids is 2. The number of ether oxygens (including phenoxy) is 1. The third-order valence-electron chi connectivity index (χ3n) is 9.57. The molecule has 212 valence electrons. The monoisotopic (exact) mass is 543 g/mol. The molecule has 0 spiro atoms. The number of H-pyrrole nitrogens is 1. The molecule has 2 N–H and O–H groups in total. The molecule has 3 aliphatic rings. The van der Waals surface area contributed by atoms with Gasteiger partial charge in [0.25, 0.3) is 0 Å². The summed E-state index contributed by atoms with van der Waals surface area (Å²) in [6, 6.07) is 13.5. The summed E-state index contributed by atoms with van der Waals surface area (Å²) in [5.74, 6) is 0.667. The number of fused-ring (bicyclic) bond motifs is 4. The van der Waals surface area contributed by atoms with Gasteiger partial charge >= 0.3 is 0 Å². The number of phenolic OH excluding ortho intramolecular Hbond substituents is 1. The van der Waals surface area contributed by atoms with Gasteiger partial charge in [0, 0.05) is 42.0 Å². The Balaban J connectivity index is 1.42. The maximum Gasteiger partial charge on any atom is 0.235 e. The van der Waals surface area contributed by atoms with Gasteiger partial charge in [0.1, 0.15) is 11.5 Å². The summed E-state index contributed by atoms with van der Waals surface area (Å²) in [5, 5.41) is 11.5. The minimum atomic E-state index is -0.759. The molecule has 6 rings (SSSR count). The Hall–Kier alpha value is -3.32. The van der Waals surface area contributed by atoms with Crippen molar-refractivity contribution in [2.24, 2.45) is 11.3 Å². The van der Waals surface area contributed by atoms with Gasteiger partial charge in [-0.25, -0.2) is 0 Å². The SMILES string of the molecule is CCOc1ccc2[nH]c3c(c2c1)C[C@@]1(C)C(=O)N(CCN2CCCCCC2)C(=O)CCC1[C@@H]3c1cccc(O)c1. The number of phenols is 1. The van der Waals surface area contributed by atoms with Gasteiger partial charge in [-0.2, -0.15) is 0 Å². The minimum Gasteiger partial charge on any atom is -0.508 e. The van der Waals surface area contributed by atoms with Crippen LogP contribution in [-0.2, 0) is 16.0 Å². The van der Waals surface area contributed by atoms with Crippen molar-refractivity contribution in [3.05, 3.63) is 59.3 Å². The Kier molecular flexibility index (Phi) is 7.34. The Morgan fingerprint density at radius 3 is 2.60 bits per heavy atom. The fourth-order valence-corrected chi connectivity index (χ4v) is 7.53. The largest absolute Gasteiger partial charge is 0.508 e. The number of carbonyl (C=O) groups is 2. The van der Waals surface area contributed by atoms with Crippen LogP contribution in [0, 0.1) is 11.3 Å². The quantitative estimate of drug-likeness (QED) is 0.395. The van der Waals surface area contributed by atoms with Gasteiger partial charge in [0.2, 0.25) is 11.8 Å². The molecule has 2 saturated heterocycles. The lowest BCUT2D eigenvalue weighted by molar-refractivity contribution is -0.151. The number of nitrogens with zero attached hydrogens (tertiary/aromatic N) is 2. The maximum absolute atomic E-state index is 14.5. The molecule has 3 aromatic rings. The second kappa shape index (κ2) is 10.9. The number of amides is 2. The zero-order valence-electron chi connectivity index (χ0n) is 23.7. The first kappa shape index (κ1) is 26.9. The molecule has 7 heteroatoms. The van der Waals surface area contributed by atoms with E-state index in [1.165, 1.54) is 25.7 Å². The van der Waals surface area contributed by atoms with E-state index in [1.807, 2.05) is 31.2 Å². The van der Waals surface area contributed by atoms with Crippen LogP contribution >= 0.6 is 0 Å². The molecule has 1 aromatic heterocycles. The van der Waals surface area contributed by atoms with E-state index in [0.717, 1.165) is 53.1 Å². The molecule has 2 aliphatic heterocycles. The van der Waals surface area contributed by atoms with Crippen molar-refractivity contribution in [1.29, 1.82) is 0 Å². The highest BCUT2D eigenvalue weighted by Gasteiger charge is 2.54. The number of benzene rings is 2. The molecular weight excluding hydrogens is 502 g/mol. The topological polar surface area (TPSA) is 85.9 Å². The molecule has 0 saturated carbocycles. The van der Waals surface area contributed by atoms with Crippen LogP contribution in [0.3, 0.4) is 0 Å². The zero-order valence-corrected chi connectivity index (χ0v) is 23.7. The molecule has 1 unspecified atom stereocenters. The van der Waals surface area contributed by atoms with Crippen molar-refractivity contribution in [1.82, 2.24) is 14.8 Å². The Bertz CT molecular complexity index is 1410. The van der Waals surface area contributed by atoms with Gasteiger partial charge in [-0.1, -0.05) is 31.9 Å². The highest BCUT2D eigenvalue weighted by atomic mass is 16.5. The first-order valence-electron chi connectivity index (χ1n) is 15.0. The van der Waals surface area contributed by atoms with Gasteiger partial charge in [0.05, 0.1) is 12.0 Å². The number of imide groups is 1. The van der Waals surface area contributed by atoms with Crippen LogP contribution in [0.1, 0.15) is 75.1 Å². The van der Waals surface area contributed by atoms with Crippen LogP contribution in [0.25, 0.3) is 10.9 Å². The van der Waals surface area contributed by atoms with Gasteiger partial charge in [-0.3, -0.25) is 14.5 Å². The summed E-state index contributed by atoms with van der Waals surface area (Å²) in [7, 11) is 0. The lowest BCUT2D eigenvalue weighted by atomic mass is 9.59. The van der Waals surface area contributed by atoms with Gasteiger partial charge in [-0.05, 0) is 93.1 Å². The minimum absolute atomic E-state index is 0.0547. The van der Waals surface area contributed by atoms with Crippen molar-refractivity contribution < 1.29 is 19.4 Å². The summed E-state index contributed by atoms with van der Waals surface area (Å²) >= 11 is 0. The van der Waals surface area contributed by atoms with Gasteiger partial charge in [-0.15, -0.1) is 0 Å². The van der Waals surface area contributed by atoms with E-state index < -0.39 is 5.41 Å². The van der Waals surface area contributed by atoms with Crippen LogP contribution in [0.2, 0.25) is 0 Å². The molecule has 2 amide bonds.